The van der Waals surface area contributed by atoms with Crippen LogP contribution < -0.4 is 24.2 Å². The second kappa shape index (κ2) is 12.9. The summed E-state index contributed by atoms with van der Waals surface area (Å²) in [5.41, 5.74) is 1.45. The van der Waals surface area contributed by atoms with Gasteiger partial charge in [-0.1, -0.05) is 32.0 Å². The van der Waals surface area contributed by atoms with E-state index in [9.17, 15) is 13.2 Å². The van der Waals surface area contributed by atoms with Gasteiger partial charge < -0.3 is 24.4 Å². The number of rotatable bonds is 12. The number of pyridine rings is 2. The number of hydrogen-bond donors (Lipinski definition) is 2. The van der Waals surface area contributed by atoms with E-state index in [0.717, 1.165) is 5.56 Å². The molecule has 0 saturated carbocycles. The van der Waals surface area contributed by atoms with E-state index < -0.39 is 10.0 Å². The molecule has 4 aromatic rings. The van der Waals surface area contributed by atoms with Crippen LogP contribution in [0.1, 0.15) is 25.3 Å². The van der Waals surface area contributed by atoms with Crippen LogP contribution in [-0.4, -0.2) is 72.6 Å². The van der Waals surface area contributed by atoms with Crippen LogP contribution in [0, 0.1) is 0 Å². The Kier molecular flexibility index (Phi) is 8.85. The highest BCUT2D eigenvalue weighted by molar-refractivity contribution is 7.92. The number of carbonyl (C=O) groups excluding carboxylic acids is 1. The lowest BCUT2D eigenvalue weighted by Crippen LogP contribution is -2.32. The molecule has 5 rings (SSSR count). The zero-order chi connectivity index (χ0) is 30.4. The molecule has 14 heteroatoms. The minimum Gasteiger partial charge on any atom is -0.493 e. The molecule has 3 aromatic heterocycles. The summed E-state index contributed by atoms with van der Waals surface area (Å²) in [6, 6.07) is 13.2. The number of ether oxygens (including phenoxy) is 3. The second-order valence-corrected chi connectivity index (χ2v) is 11.4. The zero-order valence-electron chi connectivity index (χ0n) is 23.9. The molecule has 1 saturated heterocycles. The second-order valence-electron chi connectivity index (χ2n) is 9.78. The number of anilines is 1. The molecule has 0 unspecified atom stereocenters. The molecule has 0 atom stereocenters. The summed E-state index contributed by atoms with van der Waals surface area (Å²) < 4.78 is 47.4. The third-order valence-corrected chi connectivity index (χ3v) is 7.79. The van der Waals surface area contributed by atoms with Gasteiger partial charge in [0.25, 0.3) is 15.9 Å². The van der Waals surface area contributed by atoms with Crippen molar-refractivity contribution in [2.24, 2.45) is 0 Å². The average Bonchev–Trinajstić information content (AvgIpc) is 3.43. The van der Waals surface area contributed by atoms with Crippen LogP contribution in [0.15, 0.2) is 72.1 Å². The van der Waals surface area contributed by atoms with E-state index in [0.29, 0.717) is 24.4 Å². The summed E-state index contributed by atoms with van der Waals surface area (Å²) >= 11 is 0. The van der Waals surface area contributed by atoms with Gasteiger partial charge in [-0.25, -0.2) is 14.8 Å². The largest absolute Gasteiger partial charge is 0.493 e. The van der Waals surface area contributed by atoms with Crippen LogP contribution in [-0.2, 0) is 10.0 Å². The minimum absolute atomic E-state index is 0.0480. The maximum atomic E-state index is 13.6. The van der Waals surface area contributed by atoms with Gasteiger partial charge >= 0.3 is 6.03 Å². The van der Waals surface area contributed by atoms with Gasteiger partial charge in [-0.2, -0.15) is 13.4 Å². The normalized spacial score (nSPS) is 13.1. The van der Waals surface area contributed by atoms with Gasteiger partial charge in [0.2, 0.25) is 5.75 Å². The smallest absolute Gasteiger partial charge is 0.317 e. The molecule has 1 aromatic carbocycles. The number of nitrogens with one attached hydrogen (secondary N) is 2. The Balaban J connectivity index is 1.59. The number of benzene rings is 1. The minimum atomic E-state index is -4.23. The number of nitrogens with zero attached hydrogens (tertiary/aromatic N) is 5. The maximum Gasteiger partial charge on any atom is 0.317 e. The number of hydrogen-bond acceptors (Lipinski definition) is 10. The van der Waals surface area contributed by atoms with E-state index in [1.807, 2.05) is 13.8 Å². The van der Waals surface area contributed by atoms with Gasteiger partial charge in [-0.05, 0) is 41.8 Å². The topological polar surface area (TPSA) is 158 Å². The number of urea groups is 1. The van der Waals surface area contributed by atoms with Crippen molar-refractivity contribution in [2.45, 2.75) is 24.8 Å². The lowest BCUT2D eigenvalue weighted by molar-refractivity contribution is 0.199. The molecular formula is C29H31N7O6S. The third-order valence-electron chi connectivity index (χ3n) is 6.53. The Hall–Kier alpha value is -4.98. The Morgan fingerprint density at radius 2 is 1.81 bits per heavy atom. The molecule has 13 nitrogen and oxygen atoms in total. The molecule has 224 valence electrons. The number of sulfonamides is 1. The fourth-order valence-corrected chi connectivity index (χ4v) is 5.12. The van der Waals surface area contributed by atoms with Crippen LogP contribution in [0.5, 0.6) is 23.1 Å². The van der Waals surface area contributed by atoms with E-state index in [-0.39, 0.29) is 59.1 Å². The van der Waals surface area contributed by atoms with E-state index in [1.54, 1.807) is 59.8 Å². The molecule has 0 aliphatic carbocycles. The zero-order valence-corrected chi connectivity index (χ0v) is 24.7. The van der Waals surface area contributed by atoms with Crippen molar-refractivity contribution in [3.63, 3.8) is 0 Å². The Labute approximate surface area is 249 Å². The highest BCUT2D eigenvalue weighted by Crippen LogP contribution is 2.41. The van der Waals surface area contributed by atoms with Gasteiger partial charge in [0.15, 0.2) is 28.2 Å². The predicted molar refractivity (Wildman–Crippen MR) is 158 cm³/mol. The number of carbonyl (C=O) groups is 1. The molecule has 0 radical (unpaired) electrons. The summed E-state index contributed by atoms with van der Waals surface area (Å²) in [4.78, 5) is 31.0. The maximum absolute atomic E-state index is 13.6. The first kappa shape index (κ1) is 29.5. The first-order valence-corrected chi connectivity index (χ1v) is 15.0. The van der Waals surface area contributed by atoms with Crippen molar-refractivity contribution in [3.8, 4) is 34.5 Å². The molecule has 1 aliphatic heterocycles. The molecule has 0 spiro atoms. The highest BCUT2D eigenvalue weighted by Gasteiger charge is 2.27. The first-order chi connectivity index (χ1) is 20.7. The van der Waals surface area contributed by atoms with Crippen molar-refractivity contribution in [3.05, 3.63) is 72.7 Å². The van der Waals surface area contributed by atoms with Crippen molar-refractivity contribution >= 4 is 21.9 Å². The summed E-state index contributed by atoms with van der Waals surface area (Å²) in [7, 11) is -2.75. The SMILES string of the molecule is COc1ccccc1Oc1c(NS(=O)(=O)c2ccc(C(C)C)cn2)nc(-c2ccncc2)nc1OCCN1CCNC1=O. The van der Waals surface area contributed by atoms with Crippen LogP contribution in [0.25, 0.3) is 11.4 Å². The summed E-state index contributed by atoms with van der Waals surface area (Å²) in [6.45, 7) is 5.37. The van der Waals surface area contributed by atoms with Gasteiger partial charge in [0.1, 0.15) is 6.61 Å². The average molecular weight is 606 g/mol. The van der Waals surface area contributed by atoms with Gasteiger partial charge in [0.05, 0.1) is 13.7 Å². The van der Waals surface area contributed by atoms with E-state index in [4.69, 9.17) is 14.2 Å². The van der Waals surface area contributed by atoms with Crippen LogP contribution in [0.2, 0.25) is 0 Å². The molecule has 2 amide bonds. The lowest BCUT2D eigenvalue weighted by Gasteiger charge is -2.19. The monoisotopic (exact) mass is 605 g/mol. The highest BCUT2D eigenvalue weighted by atomic mass is 32.2. The predicted octanol–water partition coefficient (Wildman–Crippen LogP) is 4.06. The van der Waals surface area contributed by atoms with E-state index >= 15 is 0 Å². The summed E-state index contributed by atoms with van der Waals surface area (Å²) in [6.07, 6.45) is 4.65. The quantitative estimate of drug-likeness (QED) is 0.241. The molecule has 43 heavy (non-hydrogen) atoms. The molecule has 4 heterocycles. The molecule has 1 fully saturated rings. The van der Waals surface area contributed by atoms with Crippen molar-refractivity contribution in [1.82, 2.24) is 30.2 Å². The fourth-order valence-electron chi connectivity index (χ4n) is 4.18. The van der Waals surface area contributed by atoms with Gasteiger partial charge in [-0.15, -0.1) is 0 Å². The number of amides is 2. The van der Waals surface area contributed by atoms with Crippen molar-refractivity contribution in [1.29, 1.82) is 0 Å². The Morgan fingerprint density at radius 3 is 2.47 bits per heavy atom. The number of para-hydroxylation sites is 2. The Morgan fingerprint density at radius 1 is 1.05 bits per heavy atom. The summed E-state index contributed by atoms with van der Waals surface area (Å²) in [5.74, 6) is 0.660. The molecule has 2 N–H and O–H groups in total. The van der Waals surface area contributed by atoms with E-state index in [2.05, 4.69) is 30.0 Å². The fraction of sp³-hybridized carbons (Fsp3) is 0.276. The van der Waals surface area contributed by atoms with Crippen LogP contribution >= 0.6 is 0 Å². The molecular weight excluding hydrogens is 574 g/mol. The number of methoxy groups -OCH3 is 1. The van der Waals surface area contributed by atoms with Crippen molar-refractivity contribution < 1.29 is 27.4 Å². The third kappa shape index (κ3) is 6.92. The number of aromatic nitrogens is 4. The molecule has 0 bridgehead atoms. The van der Waals surface area contributed by atoms with E-state index in [1.165, 1.54) is 19.4 Å². The van der Waals surface area contributed by atoms with Crippen molar-refractivity contribution in [2.75, 3.05) is 38.1 Å². The van der Waals surface area contributed by atoms with Gasteiger partial charge in [-0.3, -0.25) is 9.71 Å². The standard InChI is InChI=1S/C29H31N7O6S/c1-19(2)21-8-9-24(32-18-21)43(38,39)35-27-25(42-23-7-5-4-6-22(23)40-3)28(41-17-16-36-15-14-31-29(36)37)34-26(33-27)20-10-12-30-13-11-20/h4-13,18-19H,14-17H2,1-3H3,(H,31,37)(H,33,34,35). The first-order valence-electron chi connectivity index (χ1n) is 13.5. The lowest BCUT2D eigenvalue weighted by atomic mass is 10.1. The Bertz CT molecular complexity index is 1690. The van der Waals surface area contributed by atoms with Crippen LogP contribution in [0.4, 0.5) is 10.6 Å². The molecule has 1 aliphatic rings. The summed E-state index contributed by atoms with van der Waals surface area (Å²) in [5, 5.41) is 2.54. The van der Waals surface area contributed by atoms with Crippen LogP contribution in [0.3, 0.4) is 0 Å². The van der Waals surface area contributed by atoms with Gasteiger partial charge in [0, 0.05) is 37.2 Å².